The van der Waals surface area contributed by atoms with Gasteiger partial charge in [0.25, 0.3) is 0 Å². The first-order valence-electron chi connectivity index (χ1n) is 6.83. The summed E-state index contributed by atoms with van der Waals surface area (Å²) in [6, 6.07) is 4.37. The third-order valence-electron chi connectivity index (χ3n) is 3.16. The highest BCUT2D eigenvalue weighted by Crippen LogP contribution is 2.21. The van der Waals surface area contributed by atoms with Gasteiger partial charge in [0.1, 0.15) is 11.8 Å². The lowest BCUT2D eigenvalue weighted by atomic mass is 10.3. The number of rotatable bonds is 8. The predicted molar refractivity (Wildman–Crippen MR) is 82.7 cm³/mol. The van der Waals surface area contributed by atoms with E-state index in [1.165, 1.54) is 45.2 Å². The number of carboxylic acids is 1. The number of methoxy groups -OCH3 is 1. The largest absolute Gasteiger partial charge is 0.497 e. The topological polar surface area (TPSA) is 113 Å². The Balaban J connectivity index is 3.10. The molecule has 0 spiro atoms. The molecule has 1 rings (SSSR count). The van der Waals surface area contributed by atoms with Crippen LogP contribution < -0.4 is 10.1 Å². The van der Waals surface area contributed by atoms with Crippen molar-refractivity contribution in [3.63, 3.8) is 0 Å². The molecule has 0 aromatic heterocycles. The van der Waals surface area contributed by atoms with Crippen LogP contribution in [0.15, 0.2) is 29.2 Å². The summed E-state index contributed by atoms with van der Waals surface area (Å²) < 4.78 is 31.1. The van der Waals surface area contributed by atoms with Crippen molar-refractivity contribution >= 4 is 21.9 Å². The highest BCUT2D eigenvalue weighted by Gasteiger charge is 2.32. The second-order valence-corrected chi connectivity index (χ2v) is 6.68. The average Bonchev–Trinajstić information content (AvgIpc) is 2.50. The van der Waals surface area contributed by atoms with Crippen molar-refractivity contribution in [1.82, 2.24) is 9.62 Å². The molecule has 8 nitrogen and oxygen atoms in total. The Morgan fingerprint density at radius 2 is 1.87 bits per heavy atom. The molecule has 1 atom stereocenters. The molecule has 128 valence electrons. The number of hydrogen-bond acceptors (Lipinski definition) is 5. The van der Waals surface area contributed by atoms with Crippen molar-refractivity contribution in [1.29, 1.82) is 0 Å². The first kappa shape index (κ1) is 18.9. The van der Waals surface area contributed by atoms with Gasteiger partial charge in [-0.05, 0) is 31.2 Å². The fourth-order valence-corrected chi connectivity index (χ4v) is 3.46. The number of nitrogens with one attached hydrogen (secondary N) is 1. The van der Waals surface area contributed by atoms with Gasteiger partial charge in [-0.15, -0.1) is 0 Å². The van der Waals surface area contributed by atoms with E-state index >= 15 is 0 Å². The fourth-order valence-electron chi connectivity index (χ4n) is 1.87. The van der Waals surface area contributed by atoms with Gasteiger partial charge in [-0.3, -0.25) is 9.59 Å². The normalized spacial score (nSPS) is 12.7. The first-order chi connectivity index (χ1) is 10.7. The zero-order valence-electron chi connectivity index (χ0n) is 13.1. The summed E-state index contributed by atoms with van der Waals surface area (Å²) in [4.78, 5) is 22.1. The van der Waals surface area contributed by atoms with E-state index in [0.717, 1.165) is 4.31 Å². The molecule has 0 heterocycles. The number of sulfonamides is 1. The van der Waals surface area contributed by atoms with E-state index in [1.807, 2.05) is 0 Å². The van der Waals surface area contributed by atoms with E-state index in [1.54, 1.807) is 0 Å². The number of ether oxygens (including phenoxy) is 1. The Bertz CT molecular complexity index is 656. The van der Waals surface area contributed by atoms with Crippen LogP contribution in [0.5, 0.6) is 5.75 Å². The molecule has 0 bridgehead atoms. The standard InChI is InChI=1S/C14H20N2O6S/c1-10(14(18)19)16(9-8-15-11(2)17)23(20,21)13-6-4-12(22-3)5-7-13/h4-7,10H,8-9H2,1-3H3,(H,15,17)(H,18,19). The van der Waals surface area contributed by atoms with Crippen LogP contribution in [0.1, 0.15) is 13.8 Å². The van der Waals surface area contributed by atoms with Crippen LogP contribution in [-0.2, 0) is 19.6 Å². The molecular formula is C14H20N2O6S. The molecule has 0 fully saturated rings. The molecule has 1 aromatic rings. The molecule has 1 unspecified atom stereocenters. The zero-order chi connectivity index (χ0) is 17.6. The maximum atomic E-state index is 12.7. The summed E-state index contributed by atoms with van der Waals surface area (Å²) >= 11 is 0. The zero-order valence-corrected chi connectivity index (χ0v) is 14.0. The van der Waals surface area contributed by atoms with E-state index in [4.69, 9.17) is 9.84 Å². The first-order valence-corrected chi connectivity index (χ1v) is 8.27. The van der Waals surface area contributed by atoms with Crippen LogP contribution in [0.25, 0.3) is 0 Å². The van der Waals surface area contributed by atoms with E-state index in [-0.39, 0.29) is 23.9 Å². The molecule has 23 heavy (non-hydrogen) atoms. The Morgan fingerprint density at radius 1 is 1.30 bits per heavy atom. The third-order valence-corrected chi connectivity index (χ3v) is 5.15. The minimum Gasteiger partial charge on any atom is -0.497 e. The van der Waals surface area contributed by atoms with Crippen LogP contribution in [-0.4, -0.2) is 55.9 Å². The van der Waals surface area contributed by atoms with Crippen molar-refractivity contribution < 1.29 is 27.9 Å². The Hall–Kier alpha value is -2.13. The number of benzene rings is 1. The maximum absolute atomic E-state index is 12.7. The second kappa shape index (κ2) is 7.93. The molecule has 0 aliphatic carbocycles. The smallest absolute Gasteiger partial charge is 0.321 e. The number of nitrogens with zero attached hydrogens (tertiary/aromatic N) is 1. The van der Waals surface area contributed by atoms with E-state index in [0.29, 0.717) is 5.75 Å². The van der Waals surface area contributed by atoms with Gasteiger partial charge in [0.15, 0.2) is 0 Å². The Labute approximate surface area is 135 Å². The number of carboxylic acid groups (broad SMARTS) is 1. The van der Waals surface area contributed by atoms with Crippen LogP contribution in [0.3, 0.4) is 0 Å². The lowest BCUT2D eigenvalue weighted by molar-refractivity contribution is -0.140. The molecule has 0 saturated carbocycles. The van der Waals surface area contributed by atoms with Gasteiger partial charge >= 0.3 is 5.97 Å². The summed E-state index contributed by atoms with van der Waals surface area (Å²) in [5.41, 5.74) is 0. The van der Waals surface area contributed by atoms with E-state index in [9.17, 15) is 18.0 Å². The van der Waals surface area contributed by atoms with Crippen LogP contribution in [0, 0.1) is 0 Å². The van der Waals surface area contributed by atoms with Gasteiger partial charge in [0, 0.05) is 20.0 Å². The number of amides is 1. The second-order valence-electron chi connectivity index (χ2n) is 4.79. The average molecular weight is 344 g/mol. The fraction of sp³-hybridized carbons (Fsp3) is 0.429. The van der Waals surface area contributed by atoms with Gasteiger partial charge in [0.05, 0.1) is 12.0 Å². The number of carbonyl (C=O) groups is 2. The monoisotopic (exact) mass is 344 g/mol. The molecule has 1 amide bonds. The van der Waals surface area contributed by atoms with Gasteiger partial charge in [-0.25, -0.2) is 8.42 Å². The molecule has 0 aliphatic rings. The van der Waals surface area contributed by atoms with Crippen molar-refractivity contribution in [3.05, 3.63) is 24.3 Å². The van der Waals surface area contributed by atoms with Gasteiger partial charge in [0.2, 0.25) is 15.9 Å². The molecule has 0 saturated heterocycles. The Morgan fingerprint density at radius 3 is 2.30 bits per heavy atom. The van der Waals surface area contributed by atoms with Crippen LogP contribution in [0.2, 0.25) is 0 Å². The van der Waals surface area contributed by atoms with Crippen molar-refractivity contribution in [3.8, 4) is 5.75 Å². The molecule has 1 aromatic carbocycles. The van der Waals surface area contributed by atoms with Gasteiger partial charge in [-0.2, -0.15) is 4.31 Å². The lowest BCUT2D eigenvalue weighted by Gasteiger charge is -2.25. The van der Waals surface area contributed by atoms with E-state index in [2.05, 4.69) is 5.32 Å². The van der Waals surface area contributed by atoms with Crippen LogP contribution in [0.4, 0.5) is 0 Å². The predicted octanol–water partition coefficient (Wildman–Crippen LogP) is 0.295. The quantitative estimate of drug-likeness (QED) is 0.701. The summed E-state index contributed by atoms with van der Waals surface area (Å²) in [6.07, 6.45) is 0. The summed E-state index contributed by atoms with van der Waals surface area (Å²) in [6.45, 7) is 2.43. The maximum Gasteiger partial charge on any atom is 0.321 e. The summed E-state index contributed by atoms with van der Waals surface area (Å²) in [5.74, 6) is -1.11. The van der Waals surface area contributed by atoms with E-state index < -0.39 is 22.0 Å². The Kier molecular flexibility index (Phi) is 6.52. The van der Waals surface area contributed by atoms with Crippen molar-refractivity contribution in [2.45, 2.75) is 24.8 Å². The van der Waals surface area contributed by atoms with Crippen molar-refractivity contribution in [2.24, 2.45) is 0 Å². The van der Waals surface area contributed by atoms with Gasteiger partial charge < -0.3 is 15.2 Å². The summed E-state index contributed by atoms with van der Waals surface area (Å²) in [5, 5.41) is 11.6. The summed E-state index contributed by atoms with van der Waals surface area (Å²) in [7, 11) is -2.57. The number of hydrogen-bond donors (Lipinski definition) is 2. The molecule has 0 radical (unpaired) electrons. The highest BCUT2D eigenvalue weighted by atomic mass is 32.2. The molecular weight excluding hydrogens is 324 g/mol. The molecule has 9 heteroatoms. The minimum atomic E-state index is -4.02. The SMILES string of the molecule is COc1ccc(S(=O)(=O)N(CCNC(C)=O)C(C)C(=O)O)cc1. The molecule has 2 N–H and O–H groups in total. The van der Waals surface area contributed by atoms with Crippen LogP contribution >= 0.6 is 0 Å². The third kappa shape index (κ3) is 4.93. The van der Waals surface area contributed by atoms with Gasteiger partial charge in [-0.1, -0.05) is 0 Å². The lowest BCUT2D eigenvalue weighted by Crippen LogP contribution is -2.46. The number of aliphatic carboxylic acids is 1. The minimum absolute atomic E-state index is 0.0162. The number of carbonyl (C=O) groups excluding carboxylic acids is 1. The van der Waals surface area contributed by atoms with Crippen molar-refractivity contribution in [2.75, 3.05) is 20.2 Å². The molecule has 0 aliphatic heterocycles. The highest BCUT2D eigenvalue weighted by molar-refractivity contribution is 7.89.